The number of carbonyl (C=O) groups excluding carboxylic acids is 4. The van der Waals surface area contributed by atoms with Crippen LogP contribution in [0.15, 0.2) is 41.1 Å². The molecule has 1 fully saturated rings. The Balaban J connectivity index is 1.88. The molecule has 2 heterocycles. The Morgan fingerprint density at radius 2 is 1.66 bits per heavy atom. The molecule has 2 aromatic heterocycles. The molecule has 0 atom stereocenters. The number of rotatable bonds is 5. The predicted molar refractivity (Wildman–Crippen MR) is 147 cm³/mol. The summed E-state index contributed by atoms with van der Waals surface area (Å²) in [6, 6.07) is 6.87. The fourth-order valence-electron chi connectivity index (χ4n) is 4.53. The van der Waals surface area contributed by atoms with Gasteiger partial charge in [0.2, 0.25) is 11.8 Å². The van der Waals surface area contributed by atoms with Crippen molar-refractivity contribution in [3.05, 3.63) is 67.5 Å². The number of amides is 4. The Labute approximate surface area is 241 Å². The van der Waals surface area contributed by atoms with E-state index >= 15 is 0 Å². The van der Waals surface area contributed by atoms with Gasteiger partial charge in [-0.05, 0) is 53.0 Å². The Hall–Kier alpha value is -2.79. The number of pyridine rings is 1. The summed E-state index contributed by atoms with van der Waals surface area (Å²) in [5.41, 5.74) is -0.440. The van der Waals surface area contributed by atoms with Gasteiger partial charge in [-0.2, -0.15) is 5.10 Å². The van der Waals surface area contributed by atoms with E-state index in [1.165, 1.54) is 36.0 Å². The first kappa shape index (κ1) is 28.2. The maximum Gasteiger partial charge on any atom is 0.283 e. The summed E-state index contributed by atoms with van der Waals surface area (Å²) in [6.07, 6.45) is 4.53. The van der Waals surface area contributed by atoms with Gasteiger partial charge in [-0.3, -0.25) is 24.1 Å². The van der Waals surface area contributed by atoms with Gasteiger partial charge in [-0.1, -0.05) is 47.6 Å². The number of imide groups is 2. The van der Waals surface area contributed by atoms with Crippen LogP contribution >= 0.6 is 50.7 Å². The van der Waals surface area contributed by atoms with Crippen molar-refractivity contribution >= 4 is 80.0 Å². The van der Waals surface area contributed by atoms with Gasteiger partial charge in [0, 0.05) is 37.2 Å². The zero-order valence-electron chi connectivity index (χ0n) is 20.3. The second kappa shape index (κ2) is 11.5. The van der Waals surface area contributed by atoms with Crippen LogP contribution in [0.5, 0.6) is 0 Å². The van der Waals surface area contributed by atoms with Crippen molar-refractivity contribution < 1.29 is 19.2 Å². The van der Waals surface area contributed by atoms with Crippen molar-refractivity contribution in [1.82, 2.24) is 19.7 Å². The minimum Gasteiger partial charge on any atom is -0.276 e. The van der Waals surface area contributed by atoms with Gasteiger partial charge in [0.05, 0.1) is 21.3 Å². The van der Waals surface area contributed by atoms with Crippen molar-refractivity contribution in [3.8, 4) is 5.82 Å². The first-order valence-electron chi connectivity index (χ1n) is 11.6. The minimum atomic E-state index is -0.856. The molecule has 38 heavy (non-hydrogen) atoms. The molecule has 3 aromatic rings. The third kappa shape index (κ3) is 5.49. The molecule has 13 heteroatoms. The molecule has 0 bridgehead atoms. The van der Waals surface area contributed by atoms with Crippen LogP contribution in [0.4, 0.5) is 5.69 Å². The summed E-state index contributed by atoms with van der Waals surface area (Å²) in [7, 11) is 0. The second-order valence-corrected chi connectivity index (χ2v) is 10.7. The maximum absolute atomic E-state index is 13.9. The summed E-state index contributed by atoms with van der Waals surface area (Å²) in [4.78, 5) is 59.4. The molecule has 1 aliphatic carbocycles. The number of benzene rings is 1. The molecule has 0 aliphatic heterocycles. The van der Waals surface area contributed by atoms with E-state index in [2.05, 4.69) is 26.0 Å². The molecule has 4 rings (SSSR count). The molecule has 0 saturated heterocycles. The Kier molecular flexibility index (Phi) is 8.56. The van der Waals surface area contributed by atoms with Gasteiger partial charge in [-0.25, -0.2) is 14.6 Å². The van der Waals surface area contributed by atoms with Crippen molar-refractivity contribution in [2.75, 3.05) is 4.90 Å². The quantitative estimate of drug-likeness (QED) is 0.333. The smallest absolute Gasteiger partial charge is 0.276 e. The molecular formula is C25H21BrCl3N5O4. The number of carbonyl (C=O) groups is 4. The third-order valence-electron chi connectivity index (χ3n) is 6.09. The second-order valence-electron chi connectivity index (χ2n) is 8.65. The van der Waals surface area contributed by atoms with E-state index in [0.29, 0.717) is 12.8 Å². The van der Waals surface area contributed by atoms with E-state index < -0.39 is 23.6 Å². The molecule has 0 spiro atoms. The summed E-state index contributed by atoms with van der Waals surface area (Å²) >= 11 is 22.3. The van der Waals surface area contributed by atoms with Gasteiger partial charge in [-0.15, -0.1) is 0 Å². The van der Waals surface area contributed by atoms with E-state index in [-0.39, 0.29) is 48.5 Å². The number of nitrogens with zero attached hydrogens (tertiary/aromatic N) is 5. The van der Waals surface area contributed by atoms with E-state index in [4.69, 9.17) is 34.8 Å². The molecule has 0 radical (unpaired) electrons. The maximum atomic E-state index is 13.9. The van der Waals surface area contributed by atoms with Gasteiger partial charge < -0.3 is 0 Å². The lowest BCUT2D eigenvalue weighted by Gasteiger charge is -2.29. The highest BCUT2D eigenvalue weighted by atomic mass is 79.9. The van der Waals surface area contributed by atoms with E-state index in [1.54, 1.807) is 12.1 Å². The molecule has 9 nitrogen and oxygen atoms in total. The zero-order chi connectivity index (χ0) is 27.7. The first-order valence-corrected chi connectivity index (χ1v) is 13.5. The third-order valence-corrected chi connectivity index (χ3v) is 7.28. The number of hydrogen-bond donors (Lipinski definition) is 0. The van der Waals surface area contributed by atoms with Crippen LogP contribution in [0.25, 0.3) is 5.82 Å². The van der Waals surface area contributed by atoms with Crippen LogP contribution in [0.2, 0.25) is 15.1 Å². The van der Waals surface area contributed by atoms with E-state index in [0.717, 1.165) is 29.6 Å². The highest BCUT2D eigenvalue weighted by molar-refractivity contribution is 9.10. The van der Waals surface area contributed by atoms with Crippen LogP contribution in [0.1, 0.15) is 60.4 Å². The lowest BCUT2D eigenvalue weighted by atomic mass is 10.1. The fraction of sp³-hybridized carbons (Fsp3) is 0.280. The Morgan fingerprint density at radius 3 is 2.26 bits per heavy atom. The molecule has 1 aromatic carbocycles. The first-order chi connectivity index (χ1) is 18.0. The fourth-order valence-corrected chi connectivity index (χ4v) is 5.69. The summed E-state index contributed by atoms with van der Waals surface area (Å²) in [5.74, 6) is -2.61. The summed E-state index contributed by atoms with van der Waals surface area (Å²) < 4.78 is 1.45. The minimum absolute atomic E-state index is 0.0868. The molecule has 0 unspecified atom stereocenters. The molecule has 198 valence electrons. The van der Waals surface area contributed by atoms with Gasteiger partial charge >= 0.3 is 0 Å². The highest BCUT2D eigenvalue weighted by Gasteiger charge is 2.36. The van der Waals surface area contributed by atoms with Crippen molar-refractivity contribution in [3.63, 3.8) is 0 Å². The monoisotopic (exact) mass is 639 g/mol. The van der Waals surface area contributed by atoms with E-state index in [9.17, 15) is 19.2 Å². The van der Waals surface area contributed by atoms with Crippen LogP contribution in [-0.4, -0.2) is 49.3 Å². The molecular weight excluding hydrogens is 621 g/mol. The topological polar surface area (TPSA) is 105 Å². The molecule has 1 saturated carbocycles. The number of hydrogen-bond acceptors (Lipinski definition) is 6. The lowest BCUT2D eigenvalue weighted by Crippen LogP contribution is -2.44. The number of anilines is 1. The normalized spacial score (nSPS) is 13.4. The number of aromatic nitrogens is 3. The van der Waals surface area contributed by atoms with Crippen molar-refractivity contribution in [1.29, 1.82) is 0 Å². The van der Waals surface area contributed by atoms with Crippen LogP contribution in [-0.2, 0) is 9.59 Å². The standard InChI is InChI=1S/C25H21BrCl3N5O4/c1-13(35)32(16-6-3-4-7-16)24(37)17-10-15(27)11-19(29)22(17)33(14(2)36)25(38)20-12-21(26)31-34(20)23-18(28)8-5-9-30-23/h5,8-12,16H,3-4,6-7H2,1-2H3. The average molecular weight is 642 g/mol. The lowest BCUT2D eigenvalue weighted by molar-refractivity contribution is -0.128. The van der Waals surface area contributed by atoms with Gasteiger partial charge in [0.25, 0.3) is 11.8 Å². The van der Waals surface area contributed by atoms with Crippen LogP contribution in [0, 0.1) is 0 Å². The van der Waals surface area contributed by atoms with Gasteiger partial charge in [0.1, 0.15) is 10.3 Å². The largest absolute Gasteiger partial charge is 0.283 e. The zero-order valence-corrected chi connectivity index (χ0v) is 24.1. The molecule has 4 amide bonds. The Bertz CT molecular complexity index is 1450. The number of halogens is 4. The SMILES string of the molecule is CC(=O)N(C(=O)c1cc(Br)nn1-c1ncccc1Cl)c1c(Cl)cc(Cl)cc1C(=O)N(C(C)=O)C1CCCC1. The summed E-state index contributed by atoms with van der Waals surface area (Å²) in [5, 5.41) is 4.43. The average Bonchev–Trinajstić information content (AvgIpc) is 3.50. The van der Waals surface area contributed by atoms with Gasteiger partial charge in [0.15, 0.2) is 5.82 Å². The van der Waals surface area contributed by atoms with Crippen molar-refractivity contribution in [2.45, 2.75) is 45.6 Å². The Morgan fingerprint density at radius 1 is 0.974 bits per heavy atom. The summed E-state index contributed by atoms with van der Waals surface area (Å²) in [6.45, 7) is 2.45. The van der Waals surface area contributed by atoms with Crippen molar-refractivity contribution in [2.24, 2.45) is 0 Å². The molecule has 0 N–H and O–H groups in total. The predicted octanol–water partition coefficient (Wildman–Crippen LogP) is 6.11. The van der Waals surface area contributed by atoms with Crippen LogP contribution < -0.4 is 4.90 Å². The van der Waals surface area contributed by atoms with Crippen LogP contribution in [0.3, 0.4) is 0 Å². The highest BCUT2D eigenvalue weighted by Crippen LogP contribution is 2.37. The van der Waals surface area contributed by atoms with E-state index in [1.807, 2.05) is 0 Å². The molecule has 1 aliphatic rings.